The van der Waals surface area contributed by atoms with Gasteiger partial charge in [-0.2, -0.15) is 0 Å². The van der Waals surface area contributed by atoms with E-state index in [9.17, 15) is 0 Å². The summed E-state index contributed by atoms with van der Waals surface area (Å²) in [5.41, 5.74) is 1.37. The van der Waals surface area contributed by atoms with Crippen LogP contribution in [-0.2, 0) is 0 Å². The molecule has 3 N–H and O–H groups in total. The highest BCUT2D eigenvalue weighted by molar-refractivity contribution is 9.10. The maximum Gasteiger partial charge on any atom is 0.490 e. The predicted molar refractivity (Wildman–Crippen MR) is 55.8 cm³/mol. The summed E-state index contributed by atoms with van der Waals surface area (Å²) in [6, 6.07) is 5.63. The molecule has 0 radical (unpaired) electrons. The second-order valence-corrected chi connectivity index (χ2v) is 3.63. The van der Waals surface area contributed by atoms with E-state index in [4.69, 9.17) is 10.0 Å². The van der Waals surface area contributed by atoms with Crippen LogP contribution >= 0.6 is 15.9 Å². The van der Waals surface area contributed by atoms with Crippen LogP contribution in [0.5, 0.6) is 0 Å². The third kappa shape index (κ3) is 1.39. The molecule has 1 aromatic carbocycles. The molecule has 0 unspecified atom stereocenters. The minimum Gasteiger partial charge on any atom is -0.423 e. The SMILES string of the molecule is OB(O)c1c[nH]c2cccc(Br)c12. The fraction of sp³-hybridized carbons (Fsp3) is 0. The highest BCUT2D eigenvalue weighted by atomic mass is 79.9. The molecular formula is C8H7BBrNO2. The minimum absolute atomic E-state index is 0.488. The first-order valence-electron chi connectivity index (χ1n) is 3.82. The Kier molecular flexibility index (Phi) is 2.15. The molecule has 2 aromatic rings. The van der Waals surface area contributed by atoms with Gasteiger partial charge in [-0.1, -0.05) is 22.0 Å². The van der Waals surface area contributed by atoms with Crippen LogP contribution in [0.3, 0.4) is 0 Å². The molecule has 0 aliphatic heterocycles. The van der Waals surface area contributed by atoms with Gasteiger partial charge in [-0.25, -0.2) is 0 Å². The van der Waals surface area contributed by atoms with E-state index in [1.54, 1.807) is 6.20 Å². The standard InChI is InChI=1S/C8H7BBrNO2/c10-6-2-1-3-7-8(6)5(4-11-7)9(12)13/h1-4,11-13H. The second kappa shape index (κ2) is 3.18. The lowest BCUT2D eigenvalue weighted by atomic mass is 9.80. The zero-order valence-electron chi connectivity index (χ0n) is 6.66. The van der Waals surface area contributed by atoms with Crippen molar-refractivity contribution < 1.29 is 10.0 Å². The molecule has 2 rings (SSSR count). The molecule has 0 bridgehead atoms. The summed E-state index contributed by atoms with van der Waals surface area (Å²) in [5.74, 6) is 0. The summed E-state index contributed by atoms with van der Waals surface area (Å²) in [5, 5.41) is 18.9. The quantitative estimate of drug-likeness (QED) is 0.639. The lowest BCUT2D eigenvalue weighted by molar-refractivity contribution is 0.426. The van der Waals surface area contributed by atoms with Crippen molar-refractivity contribution in [2.45, 2.75) is 0 Å². The second-order valence-electron chi connectivity index (χ2n) is 2.78. The molecule has 0 spiro atoms. The Balaban J connectivity index is 2.79. The van der Waals surface area contributed by atoms with Crippen molar-refractivity contribution in [1.29, 1.82) is 0 Å². The molecule has 66 valence electrons. The van der Waals surface area contributed by atoms with Crippen LogP contribution in [0.25, 0.3) is 10.9 Å². The van der Waals surface area contributed by atoms with E-state index in [1.807, 2.05) is 18.2 Å². The van der Waals surface area contributed by atoms with Crippen LogP contribution in [0.4, 0.5) is 0 Å². The molecule has 0 aliphatic rings. The molecule has 0 aliphatic carbocycles. The van der Waals surface area contributed by atoms with E-state index in [0.717, 1.165) is 15.4 Å². The Morgan fingerprint density at radius 1 is 1.31 bits per heavy atom. The highest BCUT2D eigenvalue weighted by Crippen LogP contribution is 2.21. The van der Waals surface area contributed by atoms with Gasteiger partial charge in [-0.3, -0.25) is 0 Å². The van der Waals surface area contributed by atoms with Crippen LogP contribution in [0.2, 0.25) is 0 Å². The van der Waals surface area contributed by atoms with Crippen molar-refractivity contribution in [3.8, 4) is 0 Å². The number of rotatable bonds is 1. The molecule has 0 amide bonds. The number of nitrogens with one attached hydrogen (secondary N) is 1. The largest absolute Gasteiger partial charge is 0.490 e. The van der Waals surface area contributed by atoms with E-state index in [1.165, 1.54) is 0 Å². The van der Waals surface area contributed by atoms with Gasteiger partial charge in [0.05, 0.1) is 0 Å². The number of halogens is 1. The van der Waals surface area contributed by atoms with Gasteiger partial charge < -0.3 is 15.0 Å². The van der Waals surface area contributed by atoms with Gasteiger partial charge in [0.2, 0.25) is 0 Å². The lowest BCUT2D eigenvalue weighted by Gasteiger charge is -1.98. The van der Waals surface area contributed by atoms with Crippen molar-refractivity contribution >= 4 is 39.4 Å². The van der Waals surface area contributed by atoms with Crippen LogP contribution in [0.15, 0.2) is 28.9 Å². The van der Waals surface area contributed by atoms with Crippen LogP contribution < -0.4 is 5.46 Å². The van der Waals surface area contributed by atoms with Crippen LogP contribution in [0.1, 0.15) is 0 Å². The number of aromatic amines is 1. The van der Waals surface area contributed by atoms with Crippen molar-refractivity contribution in [2.24, 2.45) is 0 Å². The van der Waals surface area contributed by atoms with Crippen LogP contribution in [0, 0.1) is 0 Å². The first-order chi connectivity index (χ1) is 6.20. The first-order valence-corrected chi connectivity index (χ1v) is 4.61. The topological polar surface area (TPSA) is 56.2 Å². The molecule has 0 saturated carbocycles. The molecule has 0 atom stereocenters. The Morgan fingerprint density at radius 2 is 2.08 bits per heavy atom. The minimum atomic E-state index is -1.44. The summed E-state index contributed by atoms with van der Waals surface area (Å²) in [7, 11) is -1.44. The third-order valence-corrected chi connectivity index (χ3v) is 2.62. The average Bonchev–Trinajstić information content (AvgIpc) is 2.49. The fourth-order valence-corrected chi connectivity index (χ4v) is 1.96. The summed E-state index contributed by atoms with van der Waals surface area (Å²) in [6.45, 7) is 0. The van der Waals surface area contributed by atoms with Crippen molar-refractivity contribution in [3.05, 3.63) is 28.9 Å². The van der Waals surface area contributed by atoms with Crippen molar-refractivity contribution in [1.82, 2.24) is 4.98 Å². The third-order valence-electron chi connectivity index (χ3n) is 1.96. The Morgan fingerprint density at radius 3 is 2.77 bits per heavy atom. The Hall–Kier alpha value is -0.775. The summed E-state index contributed by atoms with van der Waals surface area (Å²) in [6.07, 6.45) is 1.60. The number of fused-ring (bicyclic) bond motifs is 1. The highest BCUT2D eigenvalue weighted by Gasteiger charge is 2.17. The normalized spacial score (nSPS) is 10.7. The van der Waals surface area contributed by atoms with E-state index < -0.39 is 7.12 Å². The first kappa shape index (κ1) is 8.81. The molecule has 1 aromatic heterocycles. The fourth-order valence-electron chi connectivity index (χ4n) is 1.37. The predicted octanol–water partition coefficient (Wildman–Crippen LogP) is 0.610. The number of aromatic nitrogens is 1. The van der Waals surface area contributed by atoms with E-state index >= 15 is 0 Å². The zero-order valence-corrected chi connectivity index (χ0v) is 8.25. The van der Waals surface area contributed by atoms with Gasteiger partial charge in [0.1, 0.15) is 0 Å². The van der Waals surface area contributed by atoms with Gasteiger partial charge in [-0.05, 0) is 12.1 Å². The molecular weight excluding hydrogens is 233 g/mol. The van der Waals surface area contributed by atoms with Gasteiger partial charge in [-0.15, -0.1) is 0 Å². The molecule has 1 heterocycles. The maximum atomic E-state index is 9.05. The molecule has 3 nitrogen and oxygen atoms in total. The summed E-state index contributed by atoms with van der Waals surface area (Å²) in [4.78, 5) is 2.96. The molecule has 0 saturated heterocycles. The van der Waals surface area contributed by atoms with Gasteiger partial charge in [0.15, 0.2) is 0 Å². The van der Waals surface area contributed by atoms with E-state index in [2.05, 4.69) is 20.9 Å². The molecule has 0 fully saturated rings. The number of benzene rings is 1. The van der Waals surface area contributed by atoms with Gasteiger partial charge >= 0.3 is 7.12 Å². The Bertz CT molecular complexity index is 441. The number of hydrogen-bond donors (Lipinski definition) is 3. The van der Waals surface area contributed by atoms with E-state index in [-0.39, 0.29) is 0 Å². The van der Waals surface area contributed by atoms with Gasteiger partial charge in [0, 0.05) is 27.0 Å². The Labute approximate surface area is 83.7 Å². The van der Waals surface area contributed by atoms with Crippen molar-refractivity contribution in [2.75, 3.05) is 0 Å². The molecule has 5 heteroatoms. The summed E-state index contributed by atoms with van der Waals surface area (Å²) >= 11 is 3.35. The number of hydrogen-bond acceptors (Lipinski definition) is 2. The smallest absolute Gasteiger partial charge is 0.423 e. The van der Waals surface area contributed by atoms with E-state index in [0.29, 0.717) is 5.46 Å². The summed E-state index contributed by atoms with van der Waals surface area (Å²) < 4.78 is 0.856. The van der Waals surface area contributed by atoms with Crippen molar-refractivity contribution in [3.63, 3.8) is 0 Å². The zero-order chi connectivity index (χ0) is 9.42. The van der Waals surface area contributed by atoms with Crippen LogP contribution in [-0.4, -0.2) is 22.2 Å². The van der Waals surface area contributed by atoms with Gasteiger partial charge in [0.25, 0.3) is 0 Å². The monoisotopic (exact) mass is 239 g/mol. The maximum absolute atomic E-state index is 9.05. The molecule has 13 heavy (non-hydrogen) atoms. The average molecular weight is 240 g/mol. The number of H-pyrrole nitrogens is 1. The lowest BCUT2D eigenvalue weighted by Crippen LogP contribution is -2.29.